The normalized spacial score (nSPS) is 12.1. The lowest BCUT2D eigenvalue weighted by molar-refractivity contribution is 0.0742. The molecule has 1 atom stereocenters. The average molecular weight is 356 g/mol. The first-order valence-electron chi connectivity index (χ1n) is 8.85. The smallest absolute Gasteiger partial charge is 0.255 e. The number of aromatic nitrogens is 3. The number of fused-ring (bicyclic) bond motifs is 1. The van der Waals surface area contributed by atoms with E-state index in [1.807, 2.05) is 85.4 Å². The highest BCUT2D eigenvalue weighted by Crippen LogP contribution is 2.22. The van der Waals surface area contributed by atoms with Crippen molar-refractivity contribution in [3.8, 4) is 11.3 Å². The molecule has 27 heavy (non-hydrogen) atoms. The first-order valence-corrected chi connectivity index (χ1v) is 8.85. The molecule has 0 spiro atoms. The lowest BCUT2D eigenvalue weighted by atomic mass is 10.1. The summed E-state index contributed by atoms with van der Waals surface area (Å²) in [4.78, 5) is 23.4. The molecule has 0 fully saturated rings. The van der Waals surface area contributed by atoms with Gasteiger partial charge in [-0.05, 0) is 36.8 Å². The van der Waals surface area contributed by atoms with Crippen molar-refractivity contribution in [2.45, 2.75) is 13.0 Å². The van der Waals surface area contributed by atoms with Crippen molar-refractivity contribution in [3.05, 3.63) is 90.5 Å². The molecule has 1 amide bonds. The molecule has 5 heteroatoms. The fraction of sp³-hybridized carbons (Fsp3) is 0.136. The molecule has 3 heterocycles. The molecule has 0 aliphatic carbocycles. The van der Waals surface area contributed by atoms with Gasteiger partial charge in [-0.2, -0.15) is 0 Å². The first kappa shape index (κ1) is 17.0. The zero-order valence-corrected chi connectivity index (χ0v) is 15.3. The highest BCUT2D eigenvalue weighted by molar-refractivity contribution is 5.94. The zero-order valence-electron chi connectivity index (χ0n) is 15.3. The van der Waals surface area contributed by atoms with E-state index in [0.29, 0.717) is 5.56 Å². The third kappa shape index (κ3) is 3.31. The molecule has 0 saturated heterocycles. The van der Waals surface area contributed by atoms with Crippen LogP contribution in [0.3, 0.4) is 0 Å². The van der Waals surface area contributed by atoms with Gasteiger partial charge in [-0.1, -0.05) is 30.3 Å². The third-order valence-corrected chi connectivity index (χ3v) is 4.86. The molecule has 0 aliphatic heterocycles. The van der Waals surface area contributed by atoms with Crippen molar-refractivity contribution < 1.29 is 4.79 Å². The minimum atomic E-state index is -0.0427. The van der Waals surface area contributed by atoms with Crippen molar-refractivity contribution in [2.24, 2.45) is 0 Å². The van der Waals surface area contributed by atoms with Crippen LogP contribution in [0.25, 0.3) is 16.9 Å². The molecule has 0 bridgehead atoms. The van der Waals surface area contributed by atoms with E-state index >= 15 is 0 Å². The largest absolute Gasteiger partial charge is 0.335 e. The minimum absolute atomic E-state index is 0.0313. The van der Waals surface area contributed by atoms with Crippen molar-refractivity contribution >= 4 is 11.6 Å². The topological polar surface area (TPSA) is 50.5 Å². The van der Waals surface area contributed by atoms with Crippen LogP contribution in [0, 0.1) is 0 Å². The van der Waals surface area contributed by atoms with Gasteiger partial charge in [-0.3, -0.25) is 9.78 Å². The number of rotatable bonds is 4. The van der Waals surface area contributed by atoms with Crippen LogP contribution in [-0.4, -0.2) is 32.2 Å². The monoisotopic (exact) mass is 356 g/mol. The number of benzene rings is 1. The second-order valence-electron chi connectivity index (χ2n) is 6.55. The van der Waals surface area contributed by atoms with Crippen molar-refractivity contribution in [2.75, 3.05) is 7.05 Å². The predicted octanol–water partition coefficient (Wildman–Crippen LogP) is 4.23. The Labute approximate surface area is 157 Å². The summed E-state index contributed by atoms with van der Waals surface area (Å²) in [7, 11) is 1.82. The number of hydrogen-bond donors (Lipinski definition) is 0. The van der Waals surface area contributed by atoms with Crippen molar-refractivity contribution in [1.29, 1.82) is 0 Å². The van der Waals surface area contributed by atoms with Gasteiger partial charge in [-0.15, -0.1) is 0 Å². The zero-order chi connectivity index (χ0) is 18.8. The highest BCUT2D eigenvalue weighted by atomic mass is 16.2. The number of pyridine rings is 2. The SMILES string of the molecule is CC(c1ccncc1)N(C)C(=O)c1ccc2nc(-c3ccccc3)cn2c1. The molecule has 0 radical (unpaired) electrons. The van der Waals surface area contributed by atoms with Crippen molar-refractivity contribution in [3.63, 3.8) is 0 Å². The molecule has 0 saturated carbocycles. The standard InChI is InChI=1S/C22H20N4O/c1-16(17-10-12-23-13-11-17)25(2)22(27)19-8-9-21-24-20(15-26(21)14-19)18-6-4-3-5-7-18/h3-16H,1-2H3. The van der Waals surface area contributed by atoms with Gasteiger partial charge in [0.05, 0.1) is 17.3 Å². The molecule has 5 nitrogen and oxygen atoms in total. The Bertz CT molecular complexity index is 1070. The fourth-order valence-electron chi connectivity index (χ4n) is 3.11. The quantitative estimate of drug-likeness (QED) is 0.550. The molecule has 134 valence electrons. The second kappa shape index (κ2) is 7.03. The molecule has 0 N–H and O–H groups in total. The molecule has 1 aromatic carbocycles. The summed E-state index contributed by atoms with van der Waals surface area (Å²) in [5.74, 6) is -0.0313. The Morgan fingerprint density at radius 2 is 1.74 bits per heavy atom. The minimum Gasteiger partial charge on any atom is -0.335 e. The Morgan fingerprint density at radius 3 is 2.48 bits per heavy atom. The Morgan fingerprint density at radius 1 is 1.00 bits per heavy atom. The van der Waals surface area contributed by atoms with E-state index in [2.05, 4.69) is 9.97 Å². The maximum absolute atomic E-state index is 13.0. The molecule has 1 unspecified atom stereocenters. The van der Waals surface area contributed by atoms with Crippen LogP contribution >= 0.6 is 0 Å². The highest BCUT2D eigenvalue weighted by Gasteiger charge is 2.19. The van der Waals surface area contributed by atoms with Gasteiger partial charge < -0.3 is 9.30 Å². The second-order valence-corrected chi connectivity index (χ2v) is 6.55. The summed E-state index contributed by atoms with van der Waals surface area (Å²) >= 11 is 0. The number of carbonyl (C=O) groups is 1. The van der Waals surface area contributed by atoms with E-state index in [1.54, 1.807) is 17.3 Å². The number of amides is 1. The number of hydrogen-bond acceptors (Lipinski definition) is 3. The van der Waals surface area contributed by atoms with E-state index < -0.39 is 0 Å². The lowest BCUT2D eigenvalue weighted by Gasteiger charge is -2.25. The predicted molar refractivity (Wildman–Crippen MR) is 105 cm³/mol. The van der Waals surface area contributed by atoms with Crippen LogP contribution in [0.4, 0.5) is 0 Å². The van der Waals surface area contributed by atoms with Crippen LogP contribution in [0.15, 0.2) is 79.4 Å². The summed E-state index contributed by atoms with van der Waals surface area (Å²) in [5, 5.41) is 0. The summed E-state index contributed by atoms with van der Waals surface area (Å²) in [6.07, 6.45) is 7.28. The Hall–Kier alpha value is -3.47. The van der Waals surface area contributed by atoms with Crippen LogP contribution in [0.1, 0.15) is 28.9 Å². The average Bonchev–Trinajstić information content (AvgIpc) is 3.17. The summed E-state index contributed by atoms with van der Waals surface area (Å²) in [6, 6.07) is 17.5. The van der Waals surface area contributed by atoms with Crippen LogP contribution in [-0.2, 0) is 0 Å². The maximum atomic E-state index is 13.0. The van der Waals surface area contributed by atoms with Gasteiger partial charge in [0.1, 0.15) is 5.65 Å². The number of carbonyl (C=O) groups excluding carboxylic acids is 1. The molecular formula is C22H20N4O. The lowest BCUT2D eigenvalue weighted by Crippen LogP contribution is -2.29. The van der Waals surface area contributed by atoms with Crippen LogP contribution in [0.2, 0.25) is 0 Å². The molecule has 3 aromatic heterocycles. The van der Waals surface area contributed by atoms with Gasteiger partial charge in [-0.25, -0.2) is 4.98 Å². The van der Waals surface area contributed by atoms with E-state index in [1.165, 1.54) is 0 Å². The van der Waals surface area contributed by atoms with Gasteiger partial charge in [0.2, 0.25) is 0 Å². The molecule has 4 rings (SSSR count). The Kier molecular flexibility index (Phi) is 4.42. The van der Waals surface area contributed by atoms with E-state index in [4.69, 9.17) is 0 Å². The van der Waals surface area contributed by atoms with Crippen molar-refractivity contribution in [1.82, 2.24) is 19.3 Å². The first-order chi connectivity index (χ1) is 13.1. The number of nitrogens with zero attached hydrogens (tertiary/aromatic N) is 4. The van der Waals surface area contributed by atoms with Gasteiger partial charge in [0.25, 0.3) is 5.91 Å². The number of imidazole rings is 1. The molecular weight excluding hydrogens is 336 g/mol. The summed E-state index contributed by atoms with van der Waals surface area (Å²) in [5.41, 5.74) is 4.44. The summed E-state index contributed by atoms with van der Waals surface area (Å²) in [6.45, 7) is 2.01. The van der Waals surface area contributed by atoms with Gasteiger partial charge in [0.15, 0.2) is 0 Å². The molecule has 4 aromatic rings. The maximum Gasteiger partial charge on any atom is 0.255 e. The van der Waals surface area contributed by atoms with E-state index in [9.17, 15) is 4.79 Å². The fourth-order valence-corrected chi connectivity index (χ4v) is 3.11. The molecule has 0 aliphatic rings. The van der Waals surface area contributed by atoms with Gasteiger partial charge >= 0.3 is 0 Å². The van der Waals surface area contributed by atoms with E-state index in [0.717, 1.165) is 22.5 Å². The van der Waals surface area contributed by atoms with Crippen LogP contribution in [0.5, 0.6) is 0 Å². The van der Waals surface area contributed by atoms with Gasteiger partial charge in [0, 0.05) is 37.4 Å². The van der Waals surface area contributed by atoms with Crippen LogP contribution < -0.4 is 0 Å². The summed E-state index contributed by atoms with van der Waals surface area (Å²) < 4.78 is 1.90. The third-order valence-electron chi connectivity index (χ3n) is 4.86. The van der Waals surface area contributed by atoms with E-state index in [-0.39, 0.29) is 11.9 Å². The Balaban J connectivity index is 1.62.